The van der Waals surface area contributed by atoms with Crippen molar-refractivity contribution in [2.75, 3.05) is 11.9 Å². The molecule has 0 radical (unpaired) electrons. The average Bonchev–Trinajstić information content (AvgIpc) is 2.48. The van der Waals surface area contributed by atoms with Crippen LogP contribution in [0.1, 0.15) is 90.9 Å². The highest BCUT2D eigenvalue weighted by Crippen LogP contribution is 2.38. The fourth-order valence-corrected chi connectivity index (χ4v) is 4.11. The zero-order valence-corrected chi connectivity index (χ0v) is 15.3. The Balaban J connectivity index is 2.13. The van der Waals surface area contributed by atoms with Gasteiger partial charge in [0.05, 0.1) is 5.60 Å². The third kappa shape index (κ3) is 6.93. The molecule has 2 heteroatoms. The minimum absolute atomic E-state index is 0.160. The normalized spacial score (nSPS) is 26.9. The molecule has 1 fully saturated rings. The van der Waals surface area contributed by atoms with Gasteiger partial charge in [-0.25, -0.2) is 0 Å². The Morgan fingerprint density at radius 1 is 0.950 bits per heavy atom. The number of rotatable bonds is 11. The highest BCUT2D eigenvalue weighted by Gasteiger charge is 2.34. The lowest BCUT2D eigenvalue weighted by molar-refractivity contribution is -0.0618. The van der Waals surface area contributed by atoms with Gasteiger partial charge in [-0.1, -0.05) is 74.7 Å². The Labute approximate surface area is 135 Å². The van der Waals surface area contributed by atoms with E-state index < -0.39 is 0 Å². The molecule has 1 aliphatic rings. The number of hydrogen-bond donors (Lipinski definition) is 0. The van der Waals surface area contributed by atoms with Crippen LogP contribution >= 0.6 is 15.9 Å². The average molecular weight is 347 g/mol. The molecule has 1 nitrogen and oxygen atoms in total. The summed E-state index contributed by atoms with van der Waals surface area (Å²) in [4.78, 5) is 0. The van der Waals surface area contributed by atoms with E-state index >= 15 is 0 Å². The third-order valence-corrected chi connectivity index (χ3v) is 5.88. The summed E-state index contributed by atoms with van der Waals surface area (Å²) < 4.78 is 6.31. The second kappa shape index (κ2) is 11.1. The zero-order valence-electron chi connectivity index (χ0n) is 13.8. The first-order chi connectivity index (χ1) is 9.76. The number of ether oxygens (including phenoxy) is 1. The molecule has 1 saturated carbocycles. The van der Waals surface area contributed by atoms with Gasteiger partial charge in [0.25, 0.3) is 0 Å². The molecule has 0 amide bonds. The van der Waals surface area contributed by atoms with Crippen LogP contribution in [-0.2, 0) is 4.74 Å². The van der Waals surface area contributed by atoms with Crippen LogP contribution in [0, 0.1) is 5.92 Å². The maximum absolute atomic E-state index is 6.31. The molecule has 120 valence electrons. The van der Waals surface area contributed by atoms with Crippen molar-refractivity contribution in [2.45, 2.75) is 96.5 Å². The summed E-state index contributed by atoms with van der Waals surface area (Å²) in [5.41, 5.74) is 0.160. The van der Waals surface area contributed by atoms with Gasteiger partial charge >= 0.3 is 0 Å². The minimum Gasteiger partial charge on any atom is -0.374 e. The Morgan fingerprint density at radius 3 is 2.20 bits per heavy atom. The van der Waals surface area contributed by atoms with Gasteiger partial charge in [0.2, 0.25) is 0 Å². The highest BCUT2D eigenvalue weighted by atomic mass is 79.9. The summed E-state index contributed by atoms with van der Waals surface area (Å²) in [5.74, 6) is 0.963. The van der Waals surface area contributed by atoms with Crippen LogP contribution in [0.4, 0.5) is 0 Å². The molecular formula is C18H35BrO. The summed E-state index contributed by atoms with van der Waals surface area (Å²) in [6.07, 6.45) is 16.1. The first kappa shape index (κ1) is 18.5. The third-order valence-electron chi connectivity index (χ3n) is 4.86. The van der Waals surface area contributed by atoms with E-state index in [-0.39, 0.29) is 5.60 Å². The van der Waals surface area contributed by atoms with Crippen molar-refractivity contribution in [3.8, 4) is 0 Å². The topological polar surface area (TPSA) is 9.23 Å². The minimum atomic E-state index is 0.160. The highest BCUT2D eigenvalue weighted by molar-refractivity contribution is 9.09. The lowest BCUT2D eigenvalue weighted by Gasteiger charge is -2.39. The predicted molar refractivity (Wildman–Crippen MR) is 92.7 cm³/mol. The van der Waals surface area contributed by atoms with Crippen molar-refractivity contribution >= 4 is 15.9 Å². The number of halogens is 1. The fourth-order valence-electron chi connectivity index (χ4n) is 3.39. The molecule has 0 bridgehead atoms. The molecule has 0 aromatic rings. The maximum atomic E-state index is 6.31. The van der Waals surface area contributed by atoms with E-state index in [9.17, 15) is 0 Å². The van der Waals surface area contributed by atoms with Gasteiger partial charge in [-0.05, 0) is 38.0 Å². The molecular weight excluding hydrogens is 312 g/mol. The molecule has 0 aromatic carbocycles. The monoisotopic (exact) mass is 346 g/mol. The first-order valence-electron chi connectivity index (χ1n) is 8.96. The Kier molecular flexibility index (Phi) is 10.2. The molecule has 0 unspecified atom stereocenters. The summed E-state index contributed by atoms with van der Waals surface area (Å²) in [6.45, 7) is 5.55. The fraction of sp³-hybridized carbons (Fsp3) is 1.00. The Morgan fingerprint density at radius 2 is 1.60 bits per heavy atom. The molecule has 0 spiro atoms. The molecule has 0 N–H and O–H groups in total. The van der Waals surface area contributed by atoms with Crippen molar-refractivity contribution in [2.24, 2.45) is 5.92 Å². The van der Waals surface area contributed by atoms with Gasteiger partial charge in [0, 0.05) is 11.9 Å². The van der Waals surface area contributed by atoms with E-state index in [2.05, 4.69) is 29.8 Å². The lowest BCUT2D eigenvalue weighted by Crippen LogP contribution is -2.39. The smallest absolute Gasteiger partial charge is 0.0779 e. The van der Waals surface area contributed by atoms with Crippen molar-refractivity contribution in [3.63, 3.8) is 0 Å². The van der Waals surface area contributed by atoms with E-state index in [1.165, 1.54) is 77.0 Å². The standard InChI is InChI=1S/C18H35BrO/c1-3-5-6-7-8-9-15-20-18(16-19)13-11-17(10-4-2)12-14-18/h17H,3-16H2,1-2H3. The van der Waals surface area contributed by atoms with Gasteiger partial charge in [0.15, 0.2) is 0 Å². The molecule has 0 heterocycles. The van der Waals surface area contributed by atoms with Crippen LogP contribution in [0.3, 0.4) is 0 Å². The second-order valence-corrected chi connectivity index (χ2v) is 7.23. The summed E-state index contributed by atoms with van der Waals surface area (Å²) in [6, 6.07) is 0. The van der Waals surface area contributed by atoms with Crippen molar-refractivity contribution in [3.05, 3.63) is 0 Å². The van der Waals surface area contributed by atoms with E-state index in [1.807, 2.05) is 0 Å². The molecule has 0 saturated heterocycles. The molecule has 0 aromatic heterocycles. The van der Waals surface area contributed by atoms with Crippen LogP contribution in [0.5, 0.6) is 0 Å². The maximum Gasteiger partial charge on any atom is 0.0779 e. The van der Waals surface area contributed by atoms with E-state index in [1.54, 1.807) is 0 Å². The van der Waals surface area contributed by atoms with Gasteiger partial charge in [-0.2, -0.15) is 0 Å². The molecule has 20 heavy (non-hydrogen) atoms. The van der Waals surface area contributed by atoms with Gasteiger partial charge in [-0.3, -0.25) is 0 Å². The Bertz CT molecular complexity index is 221. The van der Waals surface area contributed by atoms with Gasteiger partial charge < -0.3 is 4.74 Å². The second-order valence-electron chi connectivity index (χ2n) is 6.66. The Hall–Kier alpha value is 0.440. The largest absolute Gasteiger partial charge is 0.374 e. The van der Waals surface area contributed by atoms with E-state index in [0.29, 0.717) is 0 Å². The van der Waals surface area contributed by atoms with Crippen molar-refractivity contribution in [1.82, 2.24) is 0 Å². The first-order valence-corrected chi connectivity index (χ1v) is 10.1. The van der Waals surface area contributed by atoms with Crippen LogP contribution in [0.15, 0.2) is 0 Å². The zero-order chi connectivity index (χ0) is 14.7. The van der Waals surface area contributed by atoms with Gasteiger partial charge in [-0.15, -0.1) is 0 Å². The molecule has 0 aliphatic heterocycles. The number of unbranched alkanes of at least 4 members (excludes halogenated alkanes) is 5. The van der Waals surface area contributed by atoms with Crippen LogP contribution in [0.2, 0.25) is 0 Å². The molecule has 1 aliphatic carbocycles. The SMILES string of the molecule is CCCCCCCCOC1(CBr)CCC(CCC)CC1. The number of hydrogen-bond acceptors (Lipinski definition) is 1. The van der Waals surface area contributed by atoms with Crippen molar-refractivity contribution < 1.29 is 4.74 Å². The number of alkyl halides is 1. The van der Waals surface area contributed by atoms with Crippen LogP contribution < -0.4 is 0 Å². The van der Waals surface area contributed by atoms with Crippen LogP contribution in [0.25, 0.3) is 0 Å². The quantitative estimate of drug-likeness (QED) is 0.307. The predicted octanol–water partition coefficient (Wildman–Crippen LogP) is 6.49. The molecule has 0 atom stereocenters. The van der Waals surface area contributed by atoms with Crippen molar-refractivity contribution in [1.29, 1.82) is 0 Å². The lowest BCUT2D eigenvalue weighted by atomic mass is 9.78. The summed E-state index contributed by atoms with van der Waals surface area (Å²) in [5, 5.41) is 1.02. The van der Waals surface area contributed by atoms with E-state index in [4.69, 9.17) is 4.74 Å². The van der Waals surface area contributed by atoms with E-state index in [0.717, 1.165) is 17.9 Å². The summed E-state index contributed by atoms with van der Waals surface area (Å²) >= 11 is 3.71. The summed E-state index contributed by atoms with van der Waals surface area (Å²) in [7, 11) is 0. The van der Waals surface area contributed by atoms with Crippen LogP contribution in [-0.4, -0.2) is 17.5 Å². The van der Waals surface area contributed by atoms with Gasteiger partial charge in [0.1, 0.15) is 0 Å². The molecule has 1 rings (SSSR count).